The first kappa shape index (κ1) is 31.5. The number of rotatable bonds is 8. The lowest BCUT2D eigenvalue weighted by molar-refractivity contribution is 0.0164. The van der Waals surface area contributed by atoms with Crippen LogP contribution in [-0.4, -0.2) is 67.9 Å². The number of amides is 1. The lowest BCUT2D eigenvalue weighted by Crippen LogP contribution is -2.41. The van der Waals surface area contributed by atoms with Crippen LogP contribution >= 0.6 is 0 Å². The fourth-order valence-electron chi connectivity index (χ4n) is 7.93. The van der Waals surface area contributed by atoms with Gasteiger partial charge in [0.1, 0.15) is 5.82 Å². The van der Waals surface area contributed by atoms with Crippen LogP contribution in [0.25, 0.3) is 11.1 Å². The summed E-state index contributed by atoms with van der Waals surface area (Å²) in [5.74, 6) is -1.41. The predicted molar refractivity (Wildman–Crippen MR) is 175 cm³/mol. The second kappa shape index (κ2) is 13.1. The number of aromatic nitrogens is 1. The van der Waals surface area contributed by atoms with E-state index >= 15 is 4.39 Å². The number of aryl methyl sites for hydroxylation is 3. The number of carbonyl (C=O) groups is 1. The zero-order valence-corrected chi connectivity index (χ0v) is 26.9. The number of pyridine rings is 1. The molecule has 0 saturated carbocycles. The molecule has 3 aromatic rings. The Hall–Kier alpha value is -3.53. The Morgan fingerprint density at radius 2 is 1.76 bits per heavy atom. The van der Waals surface area contributed by atoms with E-state index in [9.17, 15) is 9.59 Å². The van der Waals surface area contributed by atoms with E-state index in [1.54, 1.807) is 6.92 Å². The van der Waals surface area contributed by atoms with Gasteiger partial charge in [-0.1, -0.05) is 18.2 Å². The average Bonchev–Trinajstić information content (AvgIpc) is 3.45. The van der Waals surface area contributed by atoms with E-state index in [1.807, 2.05) is 26.0 Å². The number of benzene rings is 2. The van der Waals surface area contributed by atoms with E-state index in [4.69, 9.17) is 15.2 Å². The van der Waals surface area contributed by atoms with Crippen LogP contribution in [0.3, 0.4) is 0 Å². The largest absolute Gasteiger partial charge is 0.381 e. The topological polar surface area (TPSA) is 101 Å². The van der Waals surface area contributed by atoms with Crippen LogP contribution in [-0.2, 0) is 22.3 Å². The van der Waals surface area contributed by atoms with Crippen LogP contribution in [0.1, 0.15) is 81.7 Å². The van der Waals surface area contributed by atoms with Crippen molar-refractivity contribution in [3.63, 3.8) is 0 Å². The Kier molecular flexibility index (Phi) is 9.13. The van der Waals surface area contributed by atoms with Crippen LogP contribution in [0.5, 0.6) is 0 Å². The molecule has 0 radical (unpaired) electrons. The SMILES string of the molecule is CCN(c1c(C)c(C(N)=O)c(F)c(-c2ccc3c(c2)CCC3N2CCOCC2)c1Cc1c(C)cc(C)[nH]c1=O)C1CCOCC1. The van der Waals surface area contributed by atoms with Gasteiger partial charge in [0.25, 0.3) is 11.5 Å². The Labute approximate surface area is 264 Å². The Morgan fingerprint density at radius 1 is 1.04 bits per heavy atom. The van der Waals surface area contributed by atoms with Crippen molar-refractivity contribution in [1.29, 1.82) is 0 Å². The highest BCUT2D eigenvalue weighted by molar-refractivity contribution is 5.99. The summed E-state index contributed by atoms with van der Waals surface area (Å²) in [6.07, 6.45) is 3.75. The summed E-state index contributed by atoms with van der Waals surface area (Å²) in [4.78, 5) is 34.1. The second-order valence-corrected chi connectivity index (χ2v) is 12.7. The summed E-state index contributed by atoms with van der Waals surface area (Å²) in [5, 5.41) is 0. The molecule has 0 bridgehead atoms. The monoisotopic (exact) mass is 616 g/mol. The third kappa shape index (κ3) is 5.93. The summed E-state index contributed by atoms with van der Waals surface area (Å²) in [6.45, 7) is 12.8. The van der Waals surface area contributed by atoms with Crippen LogP contribution in [0, 0.1) is 26.6 Å². The van der Waals surface area contributed by atoms with E-state index in [0.717, 1.165) is 68.9 Å². The summed E-state index contributed by atoms with van der Waals surface area (Å²) < 4.78 is 28.2. The minimum atomic E-state index is -0.792. The van der Waals surface area contributed by atoms with E-state index in [1.165, 1.54) is 11.1 Å². The molecule has 2 aliphatic heterocycles. The fourth-order valence-corrected chi connectivity index (χ4v) is 7.93. The first-order valence-corrected chi connectivity index (χ1v) is 16.3. The first-order chi connectivity index (χ1) is 21.7. The maximum atomic E-state index is 17.0. The molecule has 1 atom stereocenters. The molecule has 1 unspecified atom stereocenters. The minimum absolute atomic E-state index is 0.0875. The number of nitrogens with two attached hydrogens (primary N) is 1. The number of hydrogen-bond donors (Lipinski definition) is 2. The van der Waals surface area contributed by atoms with Crippen LogP contribution in [0.4, 0.5) is 10.1 Å². The molecular weight excluding hydrogens is 571 g/mol. The fraction of sp³-hybridized carbons (Fsp3) is 0.500. The predicted octanol–water partition coefficient (Wildman–Crippen LogP) is 5.12. The molecule has 9 heteroatoms. The number of nitrogens with one attached hydrogen (secondary N) is 1. The van der Waals surface area contributed by atoms with Crippen molar-refractivity contribution in [1.82, 2.24) is 9.88 Å². The number of fused-ring (bicyclic) bond motifs is 1. The van der Waals surface area contributed by atoms with Crippen molar-refractivity contribution in [3.05, 3.63) is 85.1 Å². The third-order valence-corrected chi connectivity index (χ3v) is 10.1. The molecule has 0 spiro atoms. The Bertz CT molecular complexity index is 1660. The molecule has 2 saturated heterocycles. The summed E-state index contributed by atoms with van der Waals surface area (Å²) in [6, 6.07) is 8.62. The van der Waals surface area contributed by atoms with E-state index in [0.29, 0.717) is 53.6 Å². The minimum Gasteiger partial charge on any atom is -0.381 e. The van der Waals surface area contributed by atoms with Gasteiger partial charge in [-0.3, -0.25) is 14.5 Å². The number of morpholine rings is 1. The van der Waals surface area contributed by atoms with Crippen molar-refractivity contribution < 1.29 is 18.7 Å². The number of H-pyrrole nitrogens is 1. The molecule has 2 fully saturated rings. The summed E-state index contributed by atoms with van der Waals surface area (Å²) >= 11 is 0. The van der Waals surface area contributed by atoms with Gasteiger partial charge in [0.15, 0.2) is 0 Å². The maximum Gasteiger partial charge on any atom is 0.252 e. The molecule has 3 heterocycles. The van der Waals surface area contributed by atoms with Gasteiger partial charge in [-0.2, -0.15) is 0 Å². The number of halogens is 1. The van der Waals surface area contributed by atoms with Gasteiger partial charge in [0.2, 0.25) is 0 Å². The lowest BCUT2D eigenvalue weighted by Gasteiger charge is -2.39. The molecule has 1 aliphatic carbocycles. The molecule has 1 amide bonds. The van der Waals surface area contributed by atoms with Crippen molar-refractivity contribution in [2.45, 2.75) is 71.9 Å². The maximum absolute atomic E-state index is 17.0. The van der Waals surface area contributed by atoms with Crippen molar-refractivity contribution in [3.8, 4) is 11.1 Å². The highest BCUT2D eigenvalue weighted by Gasteiger charge is 2.34. The van der Waals surface area contributed by atoms with Crippen molar-refractivity contribution >= 4 is 11.6 Å². The molecule has 1 aromatic heterocycles. The number of primary amides is 1. The van der Waals surface area contributed by atoms with Crippen LogP contribution in [0.15, 0.2) is 29.1 Å². The third-order valence-electron chi connectivity index (χ3n) is 10.1. The number of aromatic amines is 1. The highest BCUT2D eigenvalue weighted by atomic mass is 19.1. The summed E-state index contributed by atoms with van der Waals surface area (Å²) in [7, 11) is 0. The molecule has 6 rings (SSSR count). The van der Waals surface area contributed by atoms with Gasteiger partial charge in [0, 0.05) is 73.9 Å². The molecule has 8 nitrogen and oxygen atoms in total. The zero-order valence-electron chi connectivity index (χ0n) is 26.9. The van der Waals surface area contributed by atoms with E-state index in [-0.39, 0.29) is 23.6 Å². The van der Waals surface area contributed by atoms with E-state index in [2.05, 4.69) is 33.8 Å². The van der Waals surface area contributed by atoms with Crippen LogP contribution in [0.2, 0.25) is 0 Å². The normalized spacial score (nSPS) is 19.1. The number of hydrogen-bond acceptors (Lipinski definition) is 6. The van der Waals surface area contributed by atoms with Crippen LogP contribution < -0.4 is 16.2 Å². The lowest BCUT2D eigenvalue weighted by atomic mass is 9.85. The highest BCUT2D eigenvalue weighted by Crippen LogP contribution is 2.44. The van der Waals surface area contributed by atoms with Crippen molar-refractivity contribution in [2.75, 3.05) is 51.0 Å². The quantitative estimate of drug-likeness (QED) is 0.365. The Balaban J connectivity index is 1.58. The zero-order chi connectivity index (χ0) is 31.8. The smallest absolute Gasteiger partial charge is 0.252 e. The van der Waals surface area contributed by atoms with Gasteiger partial charge >= 0.3 is 0 Å². The first-order valence-electron chi connectivity index (χ1n) is 16.3. The second-order valence-electron chi connectivity index (χ2n) is 12.7. The average molecular weight is 617 g/mol. The molecule has 2 aromatic carbocycles. The van der Waals surface area contributed by atoms with Gasteiger partial charge < -0.3 is 25.1 Å². The molecule has 3 aliphatic rings. The number of anilines is 1. The van der Waals surface area contributed by atoms with Crippen molar-refractivity contribution in [2.24, 2.45) is 5.73 Å². The number of nitrogens with zero attached hydrogens (tertiary/aromatic N) is 2. The summed E-state index contributed by atoms with van der Waals surface area (Å²) in [5.41, 5.74) is 13.4. The number of carbonyl (C=O) groups excluding carboxylic acids is 1. The van der Waals surface area contributed by atoms with Gasteiger partial charge in [0.05, 0.1) is 18.8 Å². The number of ether oxygens (including phenoxy) is 2. The molecule has 45 heavy (non-hydrogen) atoms. The molecule has 3 N–H and O–H groups in total. The van der Waals surface area contributed by atoms with E-state index < -0.39 is 11.7 Å². The molecule has 240 valence electrons. The van der Waals surface area contributed by atoms with Gasteiger partial charge in [-0.05, 0) is 92.8 Å². The van der Waals surface area contributed by atoms with Gasteiger partial charge in [-0.25, -0.2) is 4.39 Å². The standard InChI is InChI=1S/C36H45FN4O4/c1-5-41(26-10-14-44-15-11-26)34-23(4)31(35(38)42)33(37)32(29(34)20-28-21(2)18-22(3)39-36(28)43)25-6-8-27-24(19-25)7-9-30(27)40-12-16-45-17-13-40/h6,8,18-19,26,30H,5,7,9-17,20H2,1-4H3,(H2,38,42)(H,39,43). The van der Waals surface area contributed by atoms with Gasteiger partial charge in [-0.15, -0.1) is 0 Å². The Morgan fingerprint density at radius 3 is 2.42 bits per heavy atom. The molecular formula is C36H45FN4O4.